The number of nitrogens with one attached hydrogen (secondary N) is 4. The van der Waals surface area contributed by atoms with E-state index in [1.807, 2.05) is 31.2 Å². The Labute approximate surface area is 285 Å². The van der Waals surface area contributed by atoms with Crippen LogP contribution in [0.25, 0.3) is 10.9 Å². The second-order valence-corrected chi connectivity index (χ2v) is 9.94. The second-order valence-electron chi connectivity index (χ2n) is 9.94. The first kappa shape index (κ1) is 43.3. The maximum absolute atomic E-state index is 11.7. The maximum Gasteiger partial charge on any atom is 0.270 e. The summed E-state index contributed by atoms with van der Waals surface area (Å²) < 4.78 is 0. The summed E-state index contributed by atoms with van der Waals surface area (Å²) in [5, 5.41) is 26.5. The topological polar surface area (TPSA) is 133 Å². The van der Waals surface area contributed by atoms with Gasteiger partial charge in [0.1, 0.15) is 0 Å². The third-order valence-corrected chi connectivity index (χ3v) is 6.74. The van der Waals surface area contributed by atoms with Gasteiger partial charge in [-0.25, -0.2) is 0 Å². The Hall–Kier alpha value is -1.86. The number of nitrogens with zero attached hydrogens (tertiary/aromatic N) is 3. The van der Waals surface area contributed by atoms with Gasteiger partial charge in [-0.2, -0.15) is 0 Å². The Morgan fingerprint density at radius 1 is 0.860 bits per heavy atom. The van der Waals surface area contributed by atoms with Crippen molar-refractivity contribution < 1.29 is 4.92 Å². The minimum atomic E-state index is -0.305. The van der Waals surface area contributed by atoms with Crippen LogP contribution in [0.2, 0.25) is 0 Å². The van der Waals surface area contributed by atoms with Gasteiger partial charge in [0, 0.05) is 73.9 Å². The summed E-state index contributed by atoms with van der Waals surface area (Å²) in [6.07, 6.45) is 2.13. The van der Waals surface area contributed by atoms with Gasteiger partial charge in [0.15, 0.2) is 0 Å². The highest BCUT2D eigenvalue weighted by Gasteiger charge is 2.13. The largest absolute Gasteiger partial charge is 0.398 e. The van der Waals surface area contributed by atoms with Crippen LogP contribution in [0, 0.1) is 17.0 Å². The monoisotopic (exact) mass is 700 g/mol. The Bertz CT molecular complexity index is 1230. The van der Waals surface area contributed by atoms with Crippen molar-refractivity contribution in [3.05, 3.63) is 69.4 Å². The fraction of sp³-hybridized carbons (Fsp3) is 0.464. The molecule has 0 radical (unpaired) electrons. The van der Waals surface area contributed by atoms with Gasteiger partial charge in [0.25, 0.3) is 5.69 Å². The molecule has 0 saturated carbocycles. The molecule has 0 unspecified atom stereocenters. The average molecular weight is 703 g/mol. The van der Waals surface area contributed by atoms with Gasteiger partial charge in [-0.1, -0.05) is 6.07 Å². The number of anilines is 2. The molecule has 15 heteroatoms. The number of benzene rings is 2. The molecule has 1 saturated heterocycles. The highest BCUT2D eigenvalue weighted by Crippen LogP contribution is 2.25. The summed E-state index contributed by atoms with van der Waals surface area (Å²) in [6, 6.07) is 13.2. The lowest BCUT2D eigenvalue weighted by molar-refractivity contribution is -0.385. The van der Waals surface area contributed by atoms with E-state index < -0.39 is 0 Å². The first-order valence-electron chi connectivity index (χ1n) is 13.5. The van der Waals surface area contributed by atoms with E-state index in [-0.39, 0.29) is 72.6 Å². The van der Waals surface area contributed by atoms with E-state index in [1.54, 1.807) is 12.1 Å². The second kappa shape index (κ2) is 22.6. The van der Waals surface area contributed by atoms with Crippen molar-refractivity contribution in [3.8, 4) is 0 Å². The molecule has 1 aliphatic rings. The van der Waals surface area contributed by atoms with Gasteiger partial charge in [0.2, 0.25) is 0 Å². The minimum Gasteiger partial charge on any atom is -0.398 e. The van der Waals surface area contributed by atoms with Crippen molar-refractivity contribution in [1.82, 2.24) is 25.8 Å². The van der Waals surface area contributed by atoms with Crippen molar-refractivity contribution >= 4 is 90.0 Å². The smallest absolute Gasteiger partial charge is 0.270 e. The standard InChI is InChI=1S/C28H40N8O2.5ClH/c1-21-14-27(29)26-18-24(4-5-28(26)34-21)33-19-22-15-23(17-25(16-22)36(37)38)20-35-12-3-8-31-10-9-30-6-2-7-32-11-13-35;;;;;/h4-5,14-18,30-33H,2-3,6-13,19-20H2,1H3,(H2,29,34);5*1H. The molecule has 0 aliphatic carbocycles. The molecule has 0 spiro atoms. The molecule has 6 N–H and O–H groups in total. The SMILES string of the molecule is Cc1cc(N)c2cc(NCc3cc(CN4CCCNCCNCCCNCC4)cc([N+](=O)[O-])c3)ccc2n1.Cl.Cl.Cl.Cl.Cl. The van der Waals surface area contributed by atoms with Crippen LogP contribution in [0.4, 0.5) is 17.1 Å². The molecular formula is C28H45Cl5N8O2. The van der Waals surface area contributed by atoms with E-state index in [4.69, 9.17) is 5.73 Å². The first-order valence-corrected chi connectivity index (χ1v) is 13.5. The van der Waals surface area contributed by atoms with Crippen LogP contribution in [-0.2, 0) is 13.1 Å². The number of nitro groups is 1. The number of nitrogen functional groups attached to an aromatic ring is 1. The van der Waals surface area contributed by atoms with E-state index in [9.17, 15) is 10.1 Å². The Morgan fingerprint density at radius 3 is 2.21 bits per heavy atom. The number of hydrogen-bond acceptors (Lipinski definition) is 9. The number of hydrogen-bond donors (Lipinski definition) is 5. The predicted octanol–water partition coefficient (Wildman–Crippen LogP) is 5.12. The van der Waals surface area contributed by atoms with Gasteiger partial charge >= 0.3 is 0 Å². The van der Waals surface area contributed by atoms with Gasteiger partial charge in [-0.3, -0.25) is 20.0 Å². The molecule has 3 aromatic rings. The van der Waals surface area contributed by atoms with Gasteiger partial charge < -0.3 is 27.0 Å². The van der Waals surface area contributed by atoms with E-state index in [0.29, 0.717) is 18.8 Å². The third-order valence-electron chi connectivity index (χ3n) is 6.74. The lowest BCUT2D eigenvalue weighted by Gasteiger charge is -2.23. The molecule has 43 heavy (non-hydrogen) atoms. The molecule has 1 aliphatic heterocycles. The highest BCUT2D eigenvalue weighted by molar-refractivity contribution is 5.92. The molecule has 2 heterocycles. The number of rotatable bonds is 6. The van der Waals surface area contributed by atoms with Crippen LogP contribution in [-0.4, -0.2) is 67.2 Å². The highest BCUT2D eigenvalue weighted by atomic mass is 35.5. The van der Waals surface area contributed by atoms with Crippen LogP contribution in [0.1, 0.15) is 29.7 Å². The molecule has 0 atom stereocenters. The summed E-state index contributed by atoms with van der Waals surface area (Å²) in [5.74, 6) is 0. The molecular weight excluding hydrogens is 658 g/mol. The van der Waals surface area contributed by atoms with Crippen molar-refractivity contribution in [2.24, 2.45) is 0 Å². The average Bonchev–Trinajstić information content (AvgIpc) is 2.89. The molecule has 2 aromatic carbocycles. The Morgan fingerprint density at radius 2 is 1.51 bits per heavy atom. The Balaban J connectivity index is 0. The molecule has 244 valence electrons. The summed E-state index contributed by atoms with van der Waals surface area (Å²) in [7, 11) is 0. The number of nitrogens with two attached hydrogens (primary N) is 1. The number of non-ortho nitro benzene ring substituents is 1. The zero-order valence-corrected chi connectivity index (χ0v) is 28.4. The lowest BCUT2D eigenvalue weighted by Crippen LogP contribution is -2.36. The zero-order chi connectivity index (χ0) is 26.7. The van der Waals surface area contributed by atoms with Crippen LogP contribution >= 0.6 is 62.0 Å². The van der Waals surface area contributed by atoms with Gasteiger partial charge in [-0.15, -0.1) is 62.0 Å². The van der Waals surface area contributed by atoms with Gasteiger partial charge in [0.05, 0.1) is 10.4 Å². The third kappa shape index (κ3) is 14.2. The first-order chi connectivity index (χ1) is 18.5. The molecule has 0 amide bonds. The molecule has 0 bridgehead atoms. The van der Waals surface area contributed by atoms with Gasteiger partial charge in [-0.05, 0) is 81.3 Å². The zero-order valence-electron chi connectivity index (χ0n) is 24.3. The van der Waals surface area contributed by atoms with Crippen molar-refractivity contribution in [3.63, 3.8) is 0 Å². The van der Waals surface area contributed by atoms with Crippen molar-refractivity contribution in [2.75, 3.05) is 63.4 Å². The fourth-order valence-electron chi connectivity index (χ4n) is 4.83. The summed E-state index contributed by atoms with van der Waals surface area (Å²) in [5.41, 5.74) is 11.5. The number of pyridine rings is 1. The van der Waals surface area contributed by atoms with Crippen LogP contribution in [0.15, 0.2) is 42.5 Å². The lowest BCUT2D eigenvalue weighted by atomic mass is 10.1. The van der Waals surface area contributed by atoms with E-state index in [0.717, 1.165) is 98.6 Å². The van der Waals surface area contributed by atoms with E-state index in [1.165, 1.54) is 0 Å². The summed E-state index contributed by atoms with van der Waals surface area (Å²) in [4.78, 5) is 18.3. The van der Waals surface area contributed by atoms with Crippen LogP contribution in [0.3, 0.4) is 0 Å². The molecule has 4 rings (SSSR count). The van der Waals surface area contributed by atoms with E-state index >= 15 is 0 Å². The van der Waals surface area contributed by atoms with E-state index in [2.05, 4.69) is 37.2 Å². The fourth-order valence-corrected chi connectivity index (χ4v) is 4.83. The number of fused-ring (bicyclic) bond motifs is 1. The minimum absolute atomic E-state index is 0. The van der Waals surface area contributed by atoms with Crippen molar-refractivity contribution in [2.45, 2.75) is 32.9 Å². The molecule has 10 nitrogen and oxygen atoms in total. The Kier molecular flexibility index (Phi) is 22.8. The number of nitro benzene ring substituents is 1. The number of aryl methyl sites for hydroxylation is 1. The van der Waals surface area contributed by atoms with Crippen LogP contribution < -0.4 is 27.0 Å². The number of halogens is 5. The van der Waals surface area contributed by atoms with Crippen molar-refractivity contribution in [1.29, 1.82) is 0 Å². The molecule has 1 aromatic heterocycles. The predicted molar refractivity (Wildman–Crippen MR) is 191 cm³/mol. The summed E-state index contributed by atoms with van der Waals surface area (Å²) >= 11 is 0. The quantitative estimate of drug-likeness (QED) is 0.175. The normalized spacial score (nSPS) is 14.7. The number of aromatic nitrogens is 1. The van der Waals surface area contributed by atoms with Crippen LogP contribution in [0.5, 0.6) is 0 Å². The molecule has 1 fully saturated rings. The maximum atomic E-state index is 11.7. The summed E-state index contributed by atoms with van der Waals surface area (Å²) in [6.45, 7) is 10.7.